The van der Waals surface area contributed by atoms with E-state index < -0.39 is 12.7 Å². The Balaban J connectivity index is 3.61. The Hall–Kier alpha value is -0.870. The molecule has 2 N–H and O–H groups in total. The largest absolute Gasteiger partial charge is 0.459 e. The van der Waals surface area contributed by atoms with Gasteiger partial charge in [0.2, 0.25) is 0 Å². The first-order valence-corrected chi connectivity index (χ1v) is 11.6. The number of hydrogen-bond acceptors (Lipinski definition) is 4. The van der Waals surface area contributed by atoms with E-state index in [1.54, 1.807) is 0 Å². The summed E-state index contributed by atoms with van der Waals surface area (Å²) >= 11 is 0. The van der Waals surface area contributed by atoms with Gasteiger partial charge in [-0.2, -0.15) is 0 Å². The molecule has 4 heteroatoms. The van der Waals surface area contributed by atoms with Crippen LogP contribution in [0.3, 0.4) is 0 Å². The lowest BCUT2D eigenvalue weighted by Gasteiger charge is -2.12. The maximum absolute atomic E-state index is 12.1. The van der Waals surface area contributed by atoms with Crippen molar-refractivity contribution in [2.24, 2.45) is 0 Å². The zero-order valence-corrected chi connectivity index (χ0v) is 18.8. The third-order valence-electron chi connectivity index (χ3n) is 5.25. The second-order valence-electron chi connectivity index (χ2n) is 8.26. The summed E-state index contributed by atoms with van der Waals surface area (Å²) in [5.74, 6) is -0.359. The normalized spacial score (nSPS) is 12.0. The van der Waals surface area contributed by atoms with Crippen molar-refractivity contribution in [2.45, 2.75) is 123 Å². The first-order chi connectivity index (χ1) is 13.5. The van der Waals surface area contributed by atoms with Crippen LogP contribution in [-0.4, -0.2) is 35.5 Å². The Labute approximate surface area is 173 Å². The molecule has 166 valence electrons. The summed E-state index contributed by atoms with van der Waals surface area (Å²) in [6.45, 7) is 5.56. The molecule has 0 aromatic carbocycles. The molecule has 28 heavy (non-hydrogen) atoms. The molecule has 0 rings (SSSR count). The van der Waals surface area contributed by atoms with Gasteiger partial charge in [0.05, 0.1) is 6.61 Å². The number of hydrogen-bond donors (Lipinski definition) is 2. The highest BCUT2D eigenvalue weighted by Gasteiger charge is 2.14. The average molecular weight is 399 g/mol. The second kappa shape index (κ2) is 19.4. The third kappa shape index (κ3) is 16.1. The lowest BCUT2D eigenvalue weighted by atomic mass is 10.0. The van der Waals surface area contributed by atoms with Crippen molar-refractivity contribution in [2.75, 3.05) is 13.2 Å². The van der Waals surface area contributed by atoms with Gasteiger partial charge in [-0.1, -0.05) is 96.0 Å². The van der Waals surface area contributed by atoms with E-state index in [4.69, 9.17) is 9.84 Å². The lowest BCUT2D eigenvalue weighted by Crippen LogP contribution is -2.23. The SMILES string of the molecule is CCCCCCCCCCCCCCCCC(C(=O)OCC(O)CO)=C(C)C. The Kier molecular flexibility index (Phi) is 18.8. The van der Waals surface area contributed by atoms with Gasteiger partial charge in [0.25, 0.3) is 0 Å². The summed E-state index contributed by atoms with van der Waals surface area (Å²) in [7, 11) is 0. The highest BCUT2D eigenvalue weighted by atomic mass is 16.5. The average Bonchev–Trinajstić information content (AvgIpc) is 2.68. The van der Waals surface area contributed by atoms with Crippen LogP contribution in [0.25, 0.3) is 0 Å². The van der Waals surface area contributed by atoms with Gasteiger partial charge in [-0.15, -0.1) is 0 Å². The van der Waals surface area contributed by atoms with E-state index in [0.29, 0.717) is 5.57 Å². The van der Waals surface area contributed by atoms with Gasteiger partial charge < -0.3 is 14.9 Å². The molecular weight excluding hydrogens is 352 g/mol. The monoisotopic (exact) mass is 398 g/mol. The van der Waals surface area contributed by atoms with Gasteiger partial charge in [-0.05, 0) is 26.7 Å². The van der Waals surface area contributed by atoms with Gasteiger partial charge in [-0.3, -0.25) is 0 Å². The minimum atomic E-state index is -0.997. The van der Waals surface area contributed by atoms with E-state index in [-0.39, 0.29) is 12.6 Å². The molecule has 0 aliphatic carbocycles. The summed E-state index contributed by atoms with van der Waals surface area (Å²) in [5.41, 5.74) is 1.68. The van der Waals surface area contributed by atoms with Gasteiger partial charge in [0.15, 0.2) is 0 Å². The number of esters is 1. The van der Waals surface area contributed by atoms with E-state index in [2.05, 4.69) is 6.92 Å². The van der Waals surface area contributed by atoms with Crippen LogP contribution in [-0.2, 0) is 9.53 Å². The van der Waals surface area contributed by atoms with E-state index in [0.717, 1.165) is 24.8 Å². The smallest absolute Gasteiger partial charge is 0.334 e. The van der Waals surface area contributed by atoms with Crippen molar-refractivity contribution < 1.29 is 19.7 Å². The van der Waals surface area contributed by atoms with Crippen LogP contribution in [0.4, 0.5) is 0 Å². The van der Waals surface area contributed by atoms with Crippen LogP contribution in [0, 0.1) is 0 Å². The van der Waals surface area contributed by atoms with E-state index in [1.807, 2.05) is 13.8 Å². The number of carbonyl (C=O) groups is 1. The fourth-order valence-electron chi connectivity index (χ4n) is 3.36. The Morgan fingerprint density at radius 1 is 0.786 bits per heavy atom. The molecule has 0 aliphatic heterocycles. The summed E-state index contributed by atoms with van der Waals surface area (Å²) in [6, 6.07) is 0. The predicted octanol–water partition coefficient (Wildman–Crippen LogP) is 6.09. The Morgan fingerprint density at radius 2 is 1.21 bits per heavy atom. The van der Waals surface area contributed by atoms with Crippen molar-refractivity contribution in [1.82, 2.24) is 0 Å². The number of aliphatic hydroxyl groups excluding tert-OH is 2. The molecule has 0 aliphatic rings. The zero-order valence-electron chi connectivity index (χ0n) is 18.8. The predicted molar refractivity (Wildman–Crippen MR) is 117 cm³/mol. The molecule has 0 fully saturated rings. The van der Waals surface area contributed by atoms with Crippen LogP contribution in [0.1, 0.15) is 117 Å². The van der Waals surface area contributed by atoms with Crippen molar-refractivity contribution >= 4 is 5.97 Å². The highest BCUT2D eigenvalue weighted by molar-refractivity contribution is 5.89. The quantitative estimate of drug-likeness (QED) is 0.157. The summed E-state index contributed by atoms with van der Waals surface area (Å²) < 4.78 is 5.08. The van der Waals surface area contributed by atoms with Crippen LogP contribution in [0.15, 0.2) is 11.1 Å². The highest BCUT2D eigenvalue weighted by Crippen LogP contribution is 2.17. The first-order valence-electron chi connectivity index (χ1n) is 11.6. The standard InChI is InChI=1S/C24H46O4/c1-4-5-6-7-8-9-10-11-12-13-14-15-16-17-18-23(21(2)3)24(27)28-20-22(26)19-25/h22,25-26H,4-20H2,1-3H3. The van der Waals surface area contributed by atoms with Gasteiger partial charge in [0, 0.05) is 5.57 Å². The molecule has 0 saturated heterocycles. The molecule has 1 atom stereocenters. The van der Waals surface area contributed by atoms with Gasteiger partial charge >= 0.3 is 5.97 Å². The maximum Gasteiger partial charge on any atom is 0.334 e. The Bertz CT molecular complexity index is 399. The van der Waals surface area contributed by atoms with Crippen LogP contribution < -0.4 is 0 Å². The minimum absolute atomic E-state index is 0.148. The topological polar surface area (TPSA) is 66.8 Å². The van der Waals surface area contributed by atoms with E-state index >= 15 is 0 Å². The molecule has 0 bridgehead atoms. The molecule has 0 radical (unpaired) electrons. The van der Waals surface area contributed by atoms with E-state index in [1.165, 1.54) is 77.0 Å². The third-order valence-corrected chi connectivity index (χ3v) is 5.25. The number of aliphatic hydroxyl groups is 2. The number of rotatable bonds is 19. The van der Waals surface area contributed by atoms with Crippen LogP contribution in [0.2, 0.25) is 0 Å². The molecule has 0 aromatic rings. The zero-order chi connectivity index (χ0) is 21.0. The molecule has 4 nitrogen and oxygen atoms in total. The molecule has 0 heterocycles. The summed E-state index contributed by atoms with van der Waals surface area (Å²) in [4.78, 5) is 12.1. The van der Waals surface area contributed by atoms with Crippen LogP contribution >= 0.6 is 0 Å². The van der Waals surface area contributed by atoms with Gasteiger partial charge in [0.1, 0.15) is 12.7 Å². The molecule has 0 amide bonds. The fourth-order valence-corrected chi connectivity index (χ4v) is 3.36. The second-order valence-corrected chi connectivity index (χ2v) is 8.26. The Morgan fingerprint density at radius 3 is 1.61 bits per heavy atom. The van der Waals surface area contributed by atoms with E-state index in [9.17, 15) is 9.90 Å². The van der Waals surface area contributed by atoms with Crippen molar-refractivity contribution in [3.63, 3.8) is 0 Å². The number of unbranched alkanes of at least 4 members (excludes halogenated alkanes) is 13. The number of ether oxygens (including phenoxy) is 1. The molecule has 0 aromatic heterocycles. The minimum Gasteiger partial charge on any atom is -0.459 e. The van der Waals surface area contributed by atoms with Crippen LogP contribution in [0.5, 0.6) is 0 Å². The molecule has 1 unspecified atom stereocenters. The molecular formula is C24H46O4. The number of carbonyl (C=O) groups excluding carboxylic acids is 1. The molecule has 0 spiro atoms. The lowest BCUT2D eigenvalue weighted by molar-refractivity contribution is -0.142. The molecule has 0 saturated carbocycles. The van der Waals surface area contributed by atoms with Crippen molar-refractivity contribution in [1.29, 1.82) is 0 Å². The summed E-state index contributed by atoms with van der Waals surface area (Å²) in [6.07, 6.45) is 18.2. The van der Waals surface area contributed by atoms with Crippen molar-refractivity contribution in [3.8, 4) is 0 Å². The maximum atomic E-state index is 12.1. The first kappa shape index (κ1) is 27.1. The fraction of sp³-hybridized carbons (Fsp3) is 0.875. The van der Waals surface area contributed by atoms with Gasteiger partial charge in [-0.25, -0.2) is 4.79 Å². The number of allylic oxidation sites excluding steroid dienone is 1. The van der Waals surface area contributed by atoms with Crippen molar-refractivity contribution in [3.05, 3.63) is 11.1 Å². The summed E-state index contributed by atoms with van der Waals surface area (Å²) in [5, 5.41) is 18.1.